The highest BCUT2D eigenvalue weighted by molar-refractivity contribution is 6.31. The largest absolute Gasteiger partial charge is 0.345 e. The van der Waals surface area contributed by atoms with Crippen LogP contribution in [0.4, 0.5) is 0 Å². The maximum Gasteiger partial charge on any atom is 0.254 e. The maximum absolute atomic E-state index is 12.3. The molecule has 22 heavy (non-hydrogen) atoms. The van der Waals surface area contributed by atoms with Gasteiger partial charge in [0.2, 0.25) is 0 Å². The van der Waals surface area contributed by atoms with Gasteiger partial charge in [-0.25, -0.2) is 4.98 Å². The molecule has 1 heterocycles. The van der Waals surface area contributed by atoms with Gasteiger partial charge in [0, 0.05) is 35.6 Å². The van der Waals surface area contributed by atoms with Gasteiger partial charge in [-0.15, -0.1) is 0 Å². The zero-order valence-corrected chi connectivity index (χ0v) is 13.1. The molecule has 0 saturated carbocycles. The molecule has 0 aliphatic rings. The van der Waals surface area contributed by atoms with Crippen LogP contribution in [0.2, 0.25) is 5.02 Å². The molecular weight excluding hydrogens is 296 g/mol. The van der Waals surface area contributed by atoms with E-state index in [4.69, 9.17) is 11.6 Å². The highest BCUT2D eigenvalue weighted by atomic mass is 35.5. The normalized spacial score (nSPS) is 10.7. The van der Waals surface area contributed by atoms with Crippen molar-refractivity contribution in [1.29, 1.82) is 0 Å². The van der Waals surface area contributed by atoms with Crippen LogP contribution >= 0.6 is 11.6 Å². The zero-order chi connectivity index (χ0) is 15.7. The molecule has 0 unspecified atom stereocenters. The number of hydrogen-bond acceptors (Lipinski definition) is 2. The van der Waals surface area contributed by atoms with Crippen molar-refractivity contribution in [2.75, 3.05) is 14.1 Å². The van der Waals surface area contributed by atoms with E-state index in [-0.39, 0.29) is 5.91 Å². The Morgan fingerprint density at radius 1 is 1.05 bits per heavy atom. The zero-order valence-electron chi connectivity index (χ0n) is 12.4. The molecule has 0 saturated heterocycles. The molecule has 4 heteroatoms. The fraction of sp³-hybridized carbons (Fsp3) is 0.111. The van der Waals surface area contributed by atoms with Crippen molar-refractivity contribution in [1.82, 2.24) is 9.88 Å². The molecule has 3 rings (SSSR count). The molecule has 0 spiro atoms. The first-order valence-electron chi connectivity index (χ1n) is 6.93. The van der Waals surface area contributed by atoms with E-state index >= 15 is 0 Å². The average molecular weight is 311 g/mol. The van der Waals surface area contributed by atoms with Gasteiger partial charge in [-0.2, -0.15) is 0 Å². The number of carbonyl (C=O) groups excluding carboxylic acids is 1. The molecule has 0 aliphatic carbocycles. The first kappa shape index (κ1) is 14.5. The van der Waals surface area contributed by atoms with Crippen LogP contribution in [0.25, 0.3) is 22.2 Å². The number of nitrogens with zero attached hydrogens (tertiary/aromatic N) is 2. The number of benzene rings is 2. The molecule has 0 N–H and O–H groups in total. The summed E-state index contributed by atoms with van der Waals surface area (Å²) in [4.78, 5) is 18.6. The summed E-state index contributed by atoms with van der Waals surface area (Å²) in [6.07, 6.45) is 0. The topological polar surface area (TPSA) is 33.2 Å². The second kappa shape index (κ2) is 5.78. The van der Waals surface area contributed by atoms with Crippen molar-refractivity contribution in [3.05, 3.63) is 65.2 Å². The molecule has 1 aromatic heterocycles. The van der Waals surface area contributed by atoms with Crippen molar-refractivity contribution in [2.24, 2.45) is 0 Å². The summed E-state index contributed by atoms with van der Waals surface area (Å²) in [5, 5.41) is 1.66. The molecule has 0 radical (unpaired) electrons. The van der Waals surface area contributed by atoms with Crippen molar-refractivity contribution in [3.63, 3.8) is 0 Å². The van der Waals surface area contributed by atoms with Crippen molar-refractivity contribution in [3.8, 4) is 11.3 Å². The first-order chi connectivity index (χ1) is 10.6. The van der Waals surface area contributed by atoms with E-state index in [2.05, 4.69) is 4.98 Å². The summed E-state index contributed by atoms with van der Waals surface area (Å²) in [6.45, 7) is 0. The highest BCUT2D eigenvalue weighted by Crippen LogP contribution is 2.26. The number of amides is 1. The monoisotopic (exact) mass is 310 g/mol. The molecule has 1 amide bonds. The van der Waals surface area contributed by atoms with Gasteiger partial charge in [-0.05, 0) is 30.3 Å². The quantitative estimate of drug-likeness (QED) is 0.708. The van der Waals surface area contributed by atoms with Gasteiger partial charge in [0.25, 0.3) is 5.91 Å². The van der Waals surface area contributed by atoms with E-state index in [0.717, 1.165) is 22.2 Å². The van der Waals surface area contributed by atoms with Crippen LogP contribution in [-0.2, 0) is 0 Å². The molecule has 0 bridgehead atoms. The van der Waals surface area contributed by atoms with E-state index in [9.17, 15) is 4.79 Å². The number of carbonyl (C=O) groups is 1. The number of rotatable bonds is 2. The highest BCUT2D eigenvalue weighted by Gasteiger charge is 2.15. The van der Waals surface area contributed by atoms with Crippen molar-refractivity contribution < 1.29 is 4.79 Å². The lowest BCUT2D eigenvalue weighted by molar-refractivity contribution is 0.0828. The Balaban J connectivity index is 2.15. The summed E-state index contributed by atoms with van der Waals surface area (Å²) in [5.74, 6) is -0.0337. The van der Waals surface area contributed by atoms with E-state index in [1.165, 1.54) is 0 Å². The van der Waals surface area contributed by atoms with Crippen molar-refractivity contribution >= 4 is 28.4 Å². The molecular formula is C18H15ClN2O. The minimum atomic E-state index is -0.0337. The van der Waals surface area contributed by atoms with Gasteiger partial charge in [0.1, 0.15) is 0 Å². The van der Waals surface area contributed by atoms with Gasteiger partial charge in [0.15, 0.2) is 0 Å². The average Bonchev–Trinajstić information content (AvgIpc) is 2.53. The first-order valence-corrected chi connectivity index (χ1v) is 7.31. The number of fused-ring (bicyclic) bond motifs is 1. The van der Waals surface area contributed by atoms with Gasteiger partial charge in [-0.3, -0.25) is 4.79 Å². The molecule has 110 valence electrons. The van der Waals surface area contributed by atoms with E-state index in [0.29, 0.717) is 10.6 Å². The summed E-state index contributed by atoms with van der Waals surface area (Å²) in [5.41, 5.74) is 3.11. The predicted octanol–water partition coefficient (Wildman–Crippen LogP) is 4.26. The van der Waals surface area contributed by atoms with Crippen LogP contribution in [0.5, 0.6) is 0 Å². The fourth-order valence-corrected chi connectivity index (χ4v) is 2.56. The fourth-order valence-electron chi connectivity index (χ4n) is 2.38. The number of pyridine rings is 1. The third kappa shape index (κ3) is 2.68. The number of halogens is 1. The molecule has 0 aliphatic heterocycles. The van der Waals surface area contributed by atoms with Crippen LogP contribution in [0, 0.1) is 0 Å². The Kier molecular flexibility index (Phi) is 3.82. The van der Waals surface area contributed by atoms with Crippen molar-refractivity contribution in [2.45, 2.75) is 0 Å². The third-order valence-electron chi connectivity index (χ3n) is 3.49. The number of hydrogen-bond donors (Lipinski definition) is 0. The Morgan fingerprint density at radius 3 is 2.59 bits per heavy atom. The standard InChI is InChI=1S/C18H15ClN2O/c1-21(2)18(22)15-6-4-3-5-14(15)17-9-7-12-11-13(19)8-10-16(12)20-17/h3-11H,1-2H3. The van der Waals surface area contributed by atoms with Gasteiger partial charge in [-0.1, -0.05) is 35.9 Å². The molecule has 0 atom stereocenters. The van der Waals surface area contributed by atoms with E-state index in [1.54, 1.807) is 19.0 Å². The van der Waals surface area contributed by atoms with Gasteiger partial charge < -0.3 is 4.90 Å². The third-order valence-corrected chi connectivity index (χ3v) is 3.73. The Bertz CT molecular complexity index is 859. The van der Waals surface area contributed by atoms with Crippen LogP contribution < -0.4 is 0 Å². The molecule has 0 fully saturated rings. The van der Waals surface area contributed by atoms with Gasteiger partial charge in [0.05, 0.1) is 11.2 Å². The summed E-state index contributed by atoms with van der Waals surface area (Å²) < 4.78 is 0. The molecule has 3 aromatic rings. The lowest BCUT2D eigenvalue weighted by atomic mass is 10.0. The van der Waals surface area contributed by atoms with Crippen LogP contribution in [0.1, 0.15) is 10.4 Å². The lowest BCUT2D eigenvalue weighted by Gasteiger charge is -2.14. The Morgan fingerprint density at radius 2 is 1.82 bits per heavy atom. The summed E-state index contributed by atoms with van der Waals surface area (Å²) in [7, 11) is 3.49. The lowest BCUT2D eigenvalue weighted by Crippen LogP contribution is -2.22. The summed E-state index contributed by atoms with van der Waals surface area (Å²) in [6, 6.07) is 17.0. The second-order valence-electron chi connectivity index (χ2n) is 5.28. The minimum Gasteiger partial charge on any atom is -0.345 e. The van der Waals surface area contributed by atoms with E-state index in [1.807, 2.05) is 54.6 Å². The van der Waals surface area contributed by atoms with Gasteiger partial charge >= 0.3 is 0 Å². The smallest absolute Gasteiger partial charge is 0.254 e. The minimum absolute atomic E-state index is 0.0337. The predicted molar refractivity (Wildman–Crippen MR) is 90.2 cm³/mol. The van der Waals surface area contributed by atoms with Crippen LogP contribution in [-0.4, -0.2) is 29.9 Å². The van der Waals surface area contributed by atoms with E-state index < -0.39 is 0 Å². The number of aromatic nitrogens is 1. The maximum atomic E-state index is 12.3. The molecule has 2 aromatic carbocycles. The summed E-state index contributed by atoms with van der Waals surface area (Å²) >= 11 is 6.00. The Labute approximate surface area is 134 Å². The van der Waals surface area contributed by atoms with Crippen LogP contribution in [0.15, 0.2) is 54.6 Å². The Hall–Kier alpha value is -2.39. The second-order valence-corrected chi connectivity index (χ2v) is 5.72. The van der Waals surface area contributed by atoms with Crippen LogP contribution in [0.3, 0.4) is 0 Å². The molecule has 3 nitrogen and oxygen atoms in total. The SMILES string of the molecule is CN(C)C(=O)c1ccccc1-c1ccc2cc(Cl)ccc2n1.